The molecule has 0 spiro atoms. The highest BCUT2D eigenvalue weighted by molar-refractivity contribution is 5.72. The second-order valence-corrected chi connectivity index (χ2v) is 6.66. The number of carbonyl (C=O) groups excluding carboxylic acids is 1. The lowest BCUT2D eigenvalue weighted by atomic mass is 9.84. The molecule has 114 valence electrons. The van der Waals surface area contributed by atoms with Crippen molar-refractivity contribution in [3.05, 3.63) is 0 Å². The Balaban J connectivity index is 1.48. The normalized spacial score (nSPS) is 32.6. The molecule has 2 atom stereocenters. The summed E-state index contributed by atoms with van der Waals surface area (Å²) in [5, 5.41) is 3.30. The van der Waals surface area contributed by atoms with Gasteiger partial charge in [-0.3, -0.25) is 9.69 Å². The maximum atomic E-state index is 12.1. The predicted molar refractivity (Wildman–Crippen MR) is 78.5 cm³/mol. The Bertz CT molecular complexity index is 326. The highest BCUT2D eigenvalue weighted by Crippen LogP contribution is 2.31. The van der Waals surface area contributed by atoms with E-state index in [0.717, 1.165) is 25.9 Å². The third-order valence-corrected chi connectivity index (χ3v) is 5.34. The van der Waals surface area contributed by atoms with Gasteiger partial charge in [0.25, 0.3) is 0 Å². The SMILES string of the molecule is O=C(OC[C@H]1CCCN2CCCC[C@H]12)C1CCNCC1. The number of rotatable bonds is 3. The number of esters is 1. The average Bonchev–Trinajstić information content (AvgIpc) is 2.53. The van der Waals surface area contributed by atoms with Gasteiger partial charge in [0.05, 0.1) is 12.5 Å². The molecule has 0 aromatic heterocycles. The van der Waals surface area contributed by atoms with Gasteiger partial charge in [0, 0.05) is 12.0 Å². The molecule has 3 aliphatic heterocycles. The molecular formula is C16H28N2O2. The van der Waals surface area contributed by atoms with Gasteiger partial charge in [0.1, 0.15) is 0 Å². The number of hydrogen-bond acceptors (Lipinski definition) is 4. The molecule has 0 unspecified atom stereocenters. The van der Waals surface area contributed by atoms with E-state index >= 15 is 0 Å². The Morgan fingerprint density at radius 2 is 1.85 bits per heavy atom. The van der Waals surface area contributed by atoms with Crippen molar-refractivity contribution in [1.29, 1.82) is 0 Å². The molecule has 3 fully saturated rings. The molecule has 0 saturated carbocycles. The third-order valence-electron chi connectivity index (χ3n) is 5.34. The van der Waals surface area contributed by atoms with E-state index in [0.29, 0.717) is 18.6 Å². The first-order chi connectivity index (χ1) is 9.84. The van der Waals surface area contributed by atoms with Crippen LogP contribution in [0, 0.1) is 11.8 Å². The molecule has 3 rings (SSSR count). The van der Waals surface area contributed by atoms with E-state index in [-0.39, 0.29) is 11.9 Å². The number of ether oxygens (including phenoxy) is 1. The van der Waals surface area contributed by atoms with Crippen LogP contribution in [0.25, 0.3) is 0 Å². The van der Waals surface area contributed by atoms with Gasteiger partial charge >= 0.3 is 5.97 Å². The Morgan fingerprint density at radius 3 is 2.70 bits per heavy atom. The monoisotopic (exact) mass is 280 g/mol. The van der Waals surface area contributed by atoms with Crippen molar-refractivity contribution < 1.29 is 9.53 Å². The van der Waals surface area contributed by atoms with Gasteiger partial charge < -0.3 is 10.1 Å². The Labute approximate surface area is 122 Å². The fourth-order valence-electron chi connectivity index (χ4n) is 4.14. The Kier molecular flexibility index (Phi) is 4.94. The minimum absolute atomic E-state index is 0.0550. The molecule has 0 amide bonds. The molecule has 3 heterocycles. The van der Waals surface area contributed by atoms with Gasteiger partial charge in [-0.1, -0.05) is 6.42 Å². The van der Waals surface area contributed by atoms with E-state index in [4.69, 9.17) is 4.74 Å². The van der Waals surface area contributed by atoms with E-state index in [1.807, 2.05) is 0 Å². The highest BCUT2D eigenvalue weighted by Gasteiger charge is 2.34. The summed E-state index contributed by atoms with van der Waals surface area (Å²) in [4.78, 5) is 14.8. The molecule has 0 bridgehead atoms. The van der Waals surface area contributed by atoms with E-state index in [9.17, 15) is 4.79 Å². The zero-order chi connectivity index (χ0) is 13.8. The molecule has 0 aromatic carbocycles. The summed E-state index contributed by atoms with van der Waals surface area (Å²) in [6.45, 7) is 5.08. The van der Waals surface area contributed by atoms with Crippen molar-refractivity contribution in [1.82, 2.24) is 10.2 Å². The van der Waals surface area contributed by atoms with Crippen molar-refractivity contribution in [3.63, 3.8) is 0 Å². The Hall–Kier alpha value is -0.610. The summed E-state index contributed by atoms with van der Waals surface area (Å²) < 4.78 is 5.68. The molecule has 4 nitrogen and oxygen atoms in total. The molecule has 20 heavy (non-hydrogen) atoms. The zero-order valence-corrected chi connectivity index (χ0v) is 12.5. The lowest BCUT2D eigenvalue weighted by Gasteiger charge is -2.44. The molecular weight excluding hydrogens is 252 g/mol. The molecule has 3 aliphatic rings. The van der Waals surface area contributed by atoms with Gasteiger partial charge in [-0.05, 0) is 64.7 Å². The van der Waals surface area contributed by atoms with E-state index in [2.05, 4.69) is 10.2 Å². The van der Waals surface area contributed by atoms with Crippen molar-refractivity contribution >= 4 is 5.97 Å². The zero-order valence-electron chi connectivity index (χ0n) is 12.5. The maximum Gasteiger partial charge on any atom is 0.309 e. The first kappa shape index (κ1) is 14.3. The number of nitrogens with one attached hydrogen (secondary N) is 1. The molecule has 1 N–H and O–H groups in total. The first-order valence-electron chi connectivity index (χ1n) is 8.46. The summed E-state index contributed by atoms with van der Waals surface area (Å²) in [6, 6.07) is 0.679. The van der Waals surface area contributed by atoms with Crippen molar-refractivity contribution in [2.75, 3.05) is 32.8 Å². The van der Waals surface area contributed by atoms with Crippen LogP contribution in [0.5, 0.6) is 0 Å². The quantitative estimate of drug-likeness (QED) is 0.800. The van der Waals surface area contributed by atoms with Crippen LogP contribution in [0.3, 0.4) is 0 Å². The number of piperidine rings is 3. The summed E-state index contributed by atoms with van der Waals surface area (Å²) >= 11 is 0. The number of fused-ring (bicyclic) bond motifs is 1. The summed E-state index contributed by atoms with van der Waals surface area (Å²) in [6.07, 6.45) is 8.39. The summed E-state index contributed by atoms with van der Waals surface area (Å²) in [7, 11) is 0. The second kappa shape index (κ2) is 6.90. The molecule has 0 aliphatic carbocycles. The summed E-state index contributed by atoms with van der Waals surface area (Å²) in [5.41, 5.74) is 0. The molecule has 3 saturated heterocycles. The van der Waals surface area contributed by atoms with Gasteiger partial charge in [0.2, 0.25) is 0 Å². The van der Waals surface area contributed by atoms with Crippen LogP contribution in [-0.2, 0) is 9.53 Å². The topological polar surface area (TPSA) is 41.6 Å². The number of hydrogen-bond donors (Lipinski definition) is 1. The summed E-state index contributed by atoms with van der Waals surface area (Å²) in [5.74, 6) is 0.774. The third kappa shape index (κ3) is 3.34. The Morgan fingerprint density at radius 1 is 1.05 bits per heavy atom. The smallest absolute Gasteiger partial charge is 0.309 e. The fraction of sp³-hybridized carbons (Fsp3) is 0.938. The second-order valence-electron chi connectivity index (χ2n) is 6.66. The van der Waals surface area contributed by atoms with Crippen molar-refractivity contribution in [2.45, 2.75) is 51.0 Å². The average molecular weight is 280 g/mol. The van der Waals surface area contributed by atoms with Gasteiger partial charge in [-0.15, -0.1) is 0 Å². The number of nitrogens with zero attached hydrogens (tertiary/aromatic N) is 1. The maximum absolute atomic E-state index is 12.1. The van der Waals surface area contributed by atoms with Crippen LogP contribution in [-0.4, -0.2) is 49.7 Å². The van der Waals surface area contributed by atoms with Crippen LogP contribution >= 0.6 is 0 Å². The minimum Gasteiger partial charge on any atom is -0.465 e. The van der Waals surface area contributed by atoms with E-state index < -0.39 is 0 Å². The molecule has 0 aromatic rings. The van der Waals surface area contributed by atoms with Crippen molar-refractivity contribution in [3.8, 4) is 0 Å². The van der Waals surface area contributed by atoms with E-state index in [1.165, 1.54) is 45.2 Å². The molecule has 4 heteroatoms. The first-order valence-corrected chi connectivity index (χ1v) is 8.46. The van der Waals surface area contributed by atoms with Crippen LogP contribution in [0.4, 0.5) is 0 Å². The lowest BCUT2D eigenvalue weighted by molar-refractivity contribution is -0.152. The predicted octanol–water partition coefficient (Wildman–Crippen LogP) is 1.79. The highest BCUT2D eigenvalue weighted by atomic mass is 16.5. The van der Waals surface area contributed by atoms with Crippen LogP contribution in [0.2, 0.25) is 0 Å². The van der Waals surface area contributed by atoms with Gasteiger partial charge in [0.15, 0.2) is 0 Å². The van der Waals surface area contributed by atoms with E-state index in [1.54, 1.807) is 0 Å². The molecule has 0 radical (unpaired) electrons. The van der Waals surface area contributed by atoms with Gasteiger partial charge in [-0.2, -0.15) is 0 Å². The van der Waals surface area contributed by atoms with Crippen LogP contribution in [0.1, 0.15) is 44.9 Å². The minimum atomic E-state index is 0.0550. The van der Waals surface area contributed by atoms with Crippen molar-refractivity contribution in [2.24, 2.45) is 11.8 Å². The standard InChI is InChI=1S/C16H28N2O2/c19-16(13-6-8-17-9-7-13)20-12-14-4-3-11-18-10-2-1-5-15(14)18/h13-15,17H,1-12H2/t14-,15-/m1/s1. The largest absolute Gasteiger partial charge is 0.465 e. The van der Waals surface area contributed by atoms with Gasteiger partial charge in [-0.25, -0.2) is 0 Å². The fourth-order valence-corrected chi connectivity index (χ4v) is 4.14. The number of carbonyl (C=O) groups is 1. The van der Waals surface area contributed by atoms with Crippen LogP contribution in [0.15, 0.2) is 0 Å². The van der Waals surface area contributed by atoms with Crippen LogP contribution < -0.4 is 5.32 Å². The lowest BCUT2D eigenvalue weighted by Crippen LogP contribution is -2.49.